The van der Waals surface area contributed by atoms with Crippen LogP contribution in [0.1, 0.15) is 75.0 Å². The normalized spacial score (nSPS) is 14.9. The van der Waals surface area contributed by atoms with Gasteiger partial charge in [-0.15, -0.1) is 0 Å². The minimum atomic E-state index is -0.302. The van der Waals surface area contributed by atoms with Crippen LogP contribution < -0.4 is 0 Å². The van der Waals surface area contributed by atoms with Gasteiger partial charge in [0.25, 0.3) is 0 Å². The van der Waals surface area contributed by atoms with Crippen molar-refractivity contribution in [3.63, 3.8) is 0 Å². The molecular weight excluding hydrogens is 417 g/mol. The van der Waals surface area contributed by atoms with Crippen LogP contribution >= 0.6 is 11.6 Å². The van der Waals surface area contributed by atoms with E-state index in [-0.39, 0.29) is 30.0 Å². The molecule has 1 aliphatic rings. The maximum absolute atomic E-state index is 13.9. The number of nitrogens with zero attached hydrogens (tertiary/aromatic N) is 2. The molecule has 1 aliphatic heterocycles. The van der Waals surface area contributed by atoms with E-state index >= 15 is 0 Å². The van der Waals surface area contributed by atoms with Crippen LogP contribution in [-0.2, 0) is 11.3 Å². The molecule has 0 aliphatic carbocycles. The minimum Gasteiger partial charge on any atom is -0.381 e. The van der Waals surface area contributed by atoms with Gasteiger partial charge in [0.05, 0.1) is 19.8 Å². The van der Waals surface area contributed by atoms with Gasteiger partial charge >= 0.3 is 0 Å². The van der Waals surface area contributed by atoms with Crippen molar-refractivity contribution < 1.29 is 13.9 Å². The molecule has 1 aromatic heterocycles. The maximum atomic E-state index is 13.9. The zero-order chi connectivity index (χ0) is 23.6. The van der Waals surface area contributed by atoms with Gasteiger partial charge in [0.15, 0.2) is 5.78 Å². The van der Waals surface area contributed by atoms with E-state index < -0.39 is 0 Å². The second-order valence-electron chi connectivity index (χ2n) is 7.93. The zero-order valence-electron chi connectivity index (χ0n) is 19.3. The molecule has 2 heterocycles. The fourth-order valence-electron chi connectivity index (χ4n) is 2.94. The molecule has 0 amide bonds. The van der Waals surface area contributed by atoms with Crippen molar-refractivity contribution in [3.05, 3.63) is 52.1 Å². The summed E-state index contributed by atoms with van der Waals surface area (Å²) >= 11 is 6.52. The second kappa shape index (κ2) is 13.4. The largest absolute Gasteiger partial charge is 0.381 e. The predicted molar refractivity (Wildman–Crippen MR) is 125 cm³/mol. The molecule has 0 bridgehead atoms. The highest BCUT2D eigenvalue weighted by Crippen LogP contribution is 2.32. The Bertz CT molecular complexity index is 836. The molecule has 5 nitrogen and oxygen atoms in total. The van der Waals surface area contributed by atoms with Gasteiger partial charge in [0, 0.05) is 23.0 Å². The Kier molecular flexibility index (Phi) is 11.6. The standard InChI is InChI=1S/C19H24ClFN2O.C4H8O.CH3N/c1-5-12(3)16-17(18(24)13(4)6-2)22-23(19(16)20)11-14-9-7-8-10-15(14)21;1-4-2-5-3-4;1-2/h7-10,12-13H,5-6,11H2,1-4H3;4H,2-3H2,1H3;2H,1H2. The number of hydrogen-bond donors (Lipinski definition) is 1. The number of benzene rings is 1. The van der Waals surface area contributed by atoms with Gasteiger partial charge < -0.3 is 10.1 Å². The Morgan fingerprint density at radius 2 is 1.87 bits per heavy atom. The third kappa shape index (κ3) is 7.25. The summed E-state index contributed by atoms with van der Waals surface area (Å²) < 4.78 is 20.3. The van der Waals surface area contributed by atoms with Gasteiger partial charge in [-0.1, -0.05) is 64.4 Å². The topological polar surface area (TPSA) is 68.0 Å². The van der Waals surface area contributed by atoms with E-state index in [0.29, 0.717) is 16.4 Å². The molecule has 31 heavy (non-hydrogen) atoms. The van der Waals surface area contributed by atoms with E-state index in [1.165, 1.54) is 10.7 Å². The lowest BCUT2D eigenvalue weighted by Crippen LogP contribution is -2.23. The molecule has 1 N–H and O–H groups in total. The molecule has 0 saturated carbocycles. The maximum Gasteiger partial charge on any atom is 0.186 e. The van der Waals surface area contributed by atoms with Gasteiger partial charge in [-0.25, -0.2) is 9.07 Å². The number of nitrogens with one attached hydrogen (secondary N) is 1. The molecule has 1 saturated heterocycles. The average molecular weight is 452 g/mol. The Labute approximate surface area is 190 Å². The lowest BCUT2D eigenvalue weighted by atomic mass is 9.93. The fourth-order valence-corrected chi connectivity index (χ4v) is 3.32. The third-order valence-corrected chi connectivity index (χ3v) is 5.80. The molecule has 3 rings (SSSR count). The van der Waals surface area contributed by atoms with Crippen LogP contribution in [0.4, 0.5) is 4.39 Å². The lowest BCUT2D eigenvalue weighted by molar-refractivity contribution is -0.0221. The fraction of sp³-hybridized carbons (Fsp3) is 0.542. The van der Waals surface area contributed by atoms with E-state index in [4.69, 9.17) is 21.7 Å². The number of hydrogen-bond acceptors (Lipinski definition) is 4. The second-order valence-corrected chi connectivity index (χ2v) is 8.29. The first kappa shape index (κ1) is 27.0. The highest BCUT2D eigenvalue weighted by Gasteiger charge is 2.27. The number of aromatic nitrogens is 2. The Morgan fingerprint density at radius 3 is 2.32 bits per heavy atom. The van der Waals surface area contributed by atoms with Crippen molar-refractivity contribution in [1.82, 2.24) is 9.78 Å². The summed E-state index contributed by atoms with van der Waals surface area (Å²) in [5.41, 5.74) is 1.71. The first-order chi connectivity index (χ1) is 14.8. The summed E-state index contributed by atoms with van der Waals surface area (Å²) in [6.45, 7) is 14.8. The van der Waals surface area contributed by atoms with Crippen molar-refractivity contribution in [2.24, 2.45) is 11.8 Å². The predicted octanol–water partition coefficient (Wildman–Crippen LogP) is 6.38. The van der Waals surface area contributed by atoms with Gasteiger partial charge in [0.1, 0.15) is 16.7 Å². The lowest BCUT2D eigenvalue weighted by Gasteiger charge is -2.20. The van der Waals surface area contributed by atoms with Crippen LogP contribution in [0.2, 0.25) is 5.15 Å². The Balaban J connectivity index is 0.000000589. The van der Waals surface area contributed by atoms with E-state index in [1.807, 2.05) is 27.7 Å². The van der Waals surface area contributed by atoms with Crippen LogP contribution in [0, 0.1) is 23.1 Å². The van der Waals surface area contributed by atoms with Crippen molar-refractivity contribution in [1.29, 1.82) is 5.41 Å². The van der Waals surface area contributed by atoms with Gasteiger partial charge in [0.2, 0.25) is 0 Å². The summed E-state index contributed by atoms with van der Waals surface area (Å²) in [5.74, 6) is 0.552. The smallest absolute Gasteiger partial charge is 0.186 e. The summed E-state index contributed by atoms with van der Waals surface area (Å²) in [7, 11) is 0. The molecule has 2 atom stereocenters. The summed E-state index contributed by atoms with van der Waals surface area (Å²) in [6.07, 6.45) is 1.60. The van der Waals surface area contributed by atoms with Crippen molar-refractivity contribution >= 4 is 24.1 Å². The number of halogens is 2. The molecular formula is C24H35ClFN3O2. The SMILES string of the molecule is C=N.CC1COC1.CCC(C)C(=O)c1nn(Cc2ccccc2F)c(Cl)c1C(C)CC. The number of ether oxygens (including phenoxy) is 1. The van der Waals surface area contributed by atoms with Gasteiger partial charge in [-0.2, -0.15) is 5.10 Å². The van der Waals surface area contributed by atoms with Gasteiger partial charge in [-0.3, -0.25) is 4.79 Å². The number of rotatable bonds is 7. The van der Waals surface area contributed by atoms with Crippen LogP contribution in [-0.4, -0.2) is 35.5 Å². The zero-order valence-corrected chi connectivity index (χ0v) is 20.0. The summed E-state index contributed by atoms with van der Waals surface area (Å²) in [4.78, 5) is 12.7. The van der Waals surface area contributed by atoms with E-state index in [2.05, 4.69) is 18.7 Å². The van der Waals surface area contributed by atoms with Crippen molar-refractivity contribution in [2.45, 2.75) is 59.9 Å². The number of carbonyl (C=O) groups is 1. The quantitative estimate of drug-likeness (QED) is 0.392. The molecule has 1 fully saturated rings. The van der Waals surface area contributed by atoms with E-state index in [0.717, 1.165) is 37.5 Å². The van der Waals surface area contributed by atoms with Crippen LogP contribution in [0.25, 0.3) is 0 Å². The Morgan fingerprint density at radius 1 is 1.29 bits per heavy atom. The molecule has 2 unspecified atom stereocenters. The number of carbonyl (C=O) groups excluding carboxylic acids is 1. The average Bonchev–Trinajstić information content (AvgIpc) is 3.10. The minimum absolute atomic E-state index is 0.00184. The first-order valence-corrected chi connectivity index (χ1v) is 11.1. The van der Waals surface area contributed by atoms with E-state index in [9.17, 15) is 9.18 Å². The monoisotopic (exact) mass is 451 g/mol. The van der Waals surface area contributed by atoms with Crippen molar-refractivity contribution in [3.8, 4) is 0 Å². The van der Waals surface area contributed by atoms with Gasteiger partial charge in [-0.05, 0) is 31.5 Å². The van der Waals surface area contributed by atoms with E-state index in [1.54, 1.807) is 18.2 Å². The molecule has 0 spiro atoms. The number of ketones is 1. The highest BCUT2D eigenvalue weighted by molar-refractivity contribution is 6.31. The first-order valence-electron chi connectivity index (χ1n) is 10.8. The van der Waals surface area contributed by atoms with Crippen LogP contribution in [0.15, 0.2) is 24.3 Å². The molecule has 7 heteroatoms. The highest BCUT2D eigenvalue weighted by atomic mass is 35.5. The van der Waals surface area contributed by atoms with Crippen LogP contribution in [0.5, 0.6) is 0 Å². The van der Waals surface area contributed by atoms with Crippen LogP contribution in [0.3, 0.4) is 0 Å². The van der Waals surface area contributed by atoms with Crippen molar-refractivity contribution in [2.75, 3.05) is 13.2 Å². The third-order valence-electron chi connectivity index (χ3n) is 5.41. The number of Topliss-reactive ketones (excluding diaryl/α,β-unsaturated/α-hetero) is 1. The summed E-state index contributed by atoms with van der Waals surface area (Å²) in [6, 6.07) is 6.53. The summed E-state index contributed by atoms with van der Waals surface area (Å²) in [5, 5.41) is 10.4. The molecule has 2 aromatic rings. The molecule has 172 valence electrons. The Hall–Kier alpha value is -2.05. The molecule has 1 aromatic carbocycles. The molecule has 0 radical (unpaired) electrons.